The lowest BCUT2D eigenvalue weighted by molar-refractivity contribution is 0.881. The molecule has 0 aliphatic rings. The standard InChI is InChI=1S/C21H12ClN7OS/c22-13-7-5-12(6-8-13)14-3-1-2-4-15(14)19-16(9-23)20(30)25-21(17(19)10-24)31-11-18-26-28-29-27-18/h1-8H,11H2,(H,25,30)(H,26,27,28,29). The maximum atomic E-state index is 12.7. The number of benzene rings is 2. The van der Waals surface area contributed by atoms with Gasteiger partial charge < -0.3 is 4.98 Å². The number of nitriles is 2. The molecule has 0 spiro atoms. The Labute approximate surface area is 185 Å². The highest BCUT2D eigenvalue weighted by atomic mass is 35.5. The van der Waals surface area contributed by atoms with E-state index in [4.69, 9.17) is 11.6 Å². The average Bonchev–Trinajstić information content (AvgIpc) is 3.31. The molecule has 0 aliphatic heterocycles. The van der Waals surface area contributed by atoms with Gasteiger partial charge in [-0.2, -0.15) is 15.7 Å². The number of halogens is 1. The van der Waals surface area contributed by atoms with Gasteiger partial charge in [0.2, 0.25) is 0 Å². The predicted octanol–water partition coefficient (Wildman–Crippen LogP) is 3.91. The highest BCUT2D eigenvalue weighted by molar-refractivity contribution is 7.98. The minimum atomic E-state index is -0.571. The zero-order valence-electron chi connectivity index (χ0n) is 15.8. The number of tetrazole rings is 1. The van der Waals surface area contributed by atoms with Crippen LogP contribution in [0.1, 0.15) is 17.0 Å². The summed E-state index contributed by atoms with van der Waals surface area (Å²) in [6.07, 6.45) is 0. The molecule has 0 fully saturated rings. The molecule has 31 heavy (non-hydrogen) atoms. The van der Waals surface area contributed by atoms with E-state index in [1.165, 1.54) is 11.8 Å². The molecule has 0 bridgehead atoms. The Balaban J connectivity index is 1.93. The number of aromatic amines is 2. The summed E-state index contributed by atoms with van der Waals surface area (Å²) < 4.78 is 0. The smallest absolute Gasteiger partial charge is 0.267 e. The largest absolute Gasteiger partial charge is 0.315 e. The Morgan fingerprint density at radius 2 is 1.71 bits per heavy atom. The first kappa shape index (κ1) is 20.4. The normalized spacial score (nSPS) is 10.4. The van der Waals surface area contributed by atoms with Gasteiger partial charge in [-0.1, -0.05) is 65.0 Å². The number of rotatable bonds is 5. The van der Waals surface area contributed by atoms with Crippen molar-refractivity contribution in [1.82, 2.24) is 25.6 Å². The molecular formula is C21H12ClN7OS. The number of pyridine rings is 1. The van der Waals surface area contributed by atoms with E-state index >= 15 is 0 Å². The van der Waals surface area contributed by atoms with Crippen LogP contribution in [0.25, 0.3) is 22.3 Å². The lowest BCUT2D eigenvalue weighted by Crippen LogP contribution is -2.15. The van der Waals surface area contributed by atoms with Gasteiger partial charge in [-0.15, -0.1) is 10.2 Å². The molecular weight excluding hydrogens is 434 g/mol. The second kappa shape index (κ2) is 8.84. The monoisotopic (exact) mass is 445 g/mol. The SMILES string of the molecule is N#Cc1c(SCc2nn[nH]n2)[nH]c(=O)c(C#N)c1-c1ccccc1-c1ccc(Cl)cc1. The van der Waals surface area contributed by atoms with Gasteiger partial charge >= 0.3 is 0 Å². The summed E-state index contributed by atoms with van der Waals surface area (Å²) in [5.41, 5.74) is 2.01. The van der Waals surface area contributed by atoms with Crippen LogP contribution >= 0.6 is 23.4 Å². The van der Waals surface area contributed by atoms with Crippen LogP contribution in [-0.4, -0.2) is 25.6 Å². The fourth-order valence-corrected chi connectivity index (χ4v) is 4.11. The number of hydrogen-bond acceptors (Lipinski definition) is 7. The number of aromatic nitrogens is 5. The van der Waals surface area contributed by atoms with Gasteiger partial charge in [-0.05, 0) is 28.8 Å². The van der Waals surface area contributed by atoms with E-state index < -0.39 is 5.56 Å². The molecule has 10 heteroatoms. The molecule has 2 heterocycles. The Bertz CT molecular complexity index is 1380. The number of H-pyrrole nitrogens is 2. The molecule has 4 aromatic rings. The van der Waals surface area contributed by atoms with Crippen LogP contribution in [0.2, 0.25) is 5.02 Å². The Morgan fingerprint density at radius 1 is 1.00 bits per heavy atom. The highest BCUT2D eigenvalue weighted by Crippen LogP contribution is 2.38. The third kappa shape index (κ3) is 4.05. The first-order valence-electron chi connectivity index (χ1n) is 8.93. The van der Waals surface area contributed by atoms with E-state index in [9.17, 15) is 15.3 Å². The maximum Gasteiger partial charge on any atom is 0.267 e. The van der Waals surface area contributed by atoms with Crippen LogP contribution < -0.4 is 5.56 Å². The van der Waals surface area contributed by atoms with E-state index in [1.807, 2.05) is 30.3 Å². The van der Waals surface area contributed by atoms with Crippen molar-refractivity contribution in [1.29, 1.82) is 10.5 Å². The predicted molar refractivity (Wildman–Crippen MR) is 116 cm³/mol. The Hall–Kier alpha value is -3.92. The second-order valence-electron chi connectivity index (χ2n) is 6.30. The van der Waals surface area contributed by atoms with Crippen molar-refractivity contribution in [3.63, 3.8) is 0 Å². The summed E-state index contributed by atoms with van der Waals surface area (Å²) in [5, 5.41) is 34.2. The van der Waals surface area contributed by atoms with Crippen LogP contribution in [0.4, 0.5) is 0 Å². The maximum absolute atomic E-state index is 12.7. The summed E-state index contributed by atoms with van der Waals surface area (Å²) in [4.78, 5) is 15.4. The minimum Gasteiger partial charge on any atom is -0.315 e. The van der Waals surface area contributed by atoms with Gasteiger partial charge in [-0.25, -0.2) is 0 Å². The summed E-state index contributed by atoms with van der Waals surface area (Å²) in [6, 6.07) is 18.6. The zero-order valence-corrected chi connectivity index (χ0v) is 17.3. The van der Waals surface area contributed by atoms with E-state index in [-0.39, 0.29) is 22.4 Å². The molecule has 8 nitrogen and oxygen atoms in total. The van der Waals surface area contributed by atoms with Gasteiger partial charge in [0.1, 0.15) is 17.7 Å². The van der Waals surface area contributed by atoms with Crippen molar-refractivity contribution < 1.29 is 0 Å². The van der Waals surface area contributed by atoms with Crippen molar-refractivity contribution >= 4 is 23.4 Å². The van der Waals surface area contributed by atoms with E-state index in [1.54, 1.807) is 24.3 Å². The summed E-state index contributed by atoms with van der Waals surface area (Å²) >= 11 is 7.20. The number of thioether (sulfide) groups is 1. The van der Waals surface area contributed by atoms with Gasteiger partial charge in [-0.3, -0.25) is 4.79 Å². The lowest BCUT2D eigenvalue weighted by Gasteiger charge is -2.15. The Morgan fingerprint density at radius 3 is 2.35 bits per heavy atom. The van der Waals surface area contributed by atoms with E-state index in [0.717, 1.165) is 11.1 Å². The van der Waals surface area contributed by atoms with E-state index in [2.05, 4.69) is 31.7 Å². The summed E-state index contributed by atoms with van der Waals surface area (Å²) in [5.74, 6) is 0.702. The molecule has 0 radical (unpaired) electrons. The van der Waals surface area contributed by atoms with Crippen LogP contribution in [0.15, 0.2) is 58.4 Å². The highest BCUT2D eigenvalue weighted by Gasteiger charge is 2.22. The molecule has 0 saturated carbocycles. The molecule has 0 unspecified atom stereocenters. The summed E-state index contributed by atoms with van der Waals surface area (Å²) in [6.45, 7) is 0. The van der Waals surface area contributed by atoms with E-state index in [0.29, 0.717) is 21.4 Å². The molecule has 150 valence electrons. The summed E-state index contributed by atoms with van der Waals surface area (Å²) in [7, 11) is 0. The van der Waals surface area contributed by atoms with Gasteiger partial charge in [0.15, 0.2) is 5.82 Å². The third-order valence-corrected chi connectivity index (χ3v) is 5.74. The van der Waals surface area contributed by atoms with Crippen LogP contribution in [0, 0.1) is 22.7 Å². The molecule has 2 aromatic carbocycles. The molecule has 0 amide bonds. The quantitative estimate of drug-likeness (QED) is 0.444. The fourth-order valence-electron chi connectivity index (χ4n) is 3.13. The average molecular weight is 446 g/mol. The zero-order chi connectivity index (χ0) is 21.8. The first-order chi connectivity index (χ1) is 15.1. The van der Waals surface area contributed by atoms with Crippen LogP contribution in [0.3, 0.4) is 0 Å². The van der Waals surface area contributed by atoms with Gasteiger partial charge in [0.25, 0.3) is 5.56 Å². The van der Waals surface area contributed by atoms with Crippen molar-refractivity contribution in [2.45, 2.75) is 10.8 Å². The van der Waals surface area contributed by atoms with Crippen molar-refractivity contribution in [3.05, 3.63) is 80.9 Å². The number of hydrogen-bond donors (Lipinski definition) is 2. The van der Waals surface area contributed by atoms with Crippen LogP contribution in [0.5, 0.6) is 0 Å². The Kier molecular flexibility index (Phi) is 5.80. The number of nitrogens with zero attached hydrogens (tertiary/aromatic N) is 5. The lowest BCUT2D eigenvalue weighted by atomic mass is 9.90. The topological polar surface area (TPSA) is 135 Å². The van der Waals surface area contributed by atoms with Crippen molar-refractivity contribution in [2.24, 2.45) is 0 Å². The van der Waals surface area contributed by atoms with Crippen molar-refractivity contribution in [3.8, 4) is 34.4 Å². The van der Waals surface area contributed by atoms with Gasteiger partial charge in [0.05, 0.1) is 16.3 Å². The molecule has 0 atom stereocenters. The number of nitrogens with one attached hydrogen (secondary N) is 2. The fraction of sp³-hybridized carbons (Fsp3) is 0.0476. The molecule has 0 saturated heterocycles. The molecule has 2 N–H and O–H groups in total. The first-order valence-corrected chi connectivity index (χ1v) is 10.3. The third-order valence-electron chi connectivity index (χ3n) is 4.49. The second-order valence-corrected chi connectivity index (χ2v) is 7.72. The van der Waals surface area contributed by atoms with Gasteiger partial charge in [0, 0.05) is 10.6 Å². The molecule has 0 aliphatic carbocycles. The molecule has 2 aromatic heterocycles. The molecule has 4 rings (SSSR count). The minimum absolute atomic E-state index is 0.123. The van der Waals surface area contributed by atoms with Crippen LogP contribution in [-0.2, 0) is 5.75 Å². The van der Waals surface area contributed by atoms with Crippen molar-refractivity contribution in [2.75, 3.05) is 0 Å².